The number of rotatable bonds is 6. The van der Waals surface area contributed by atoms with Gasteiger partial charge in [0.15, 0.2) is 0 Å². The highest BCUT2D eigenvalue weighted by Gasteiger charge is 2.06. The molecule has 1 unspecified atom stereocenters. The van der Waals surface area contributed by atoms with Crippen LogP contribution in [0.2, 0.25) is 0 Å². The lowest BCUT2D eigenvalue weighted by Crippen LogP contribution is -2.21. The van der Waals surface area contributed by atoms with Gasteiger partial charge in [0, 0.05) is 36.9 Å². The molecule has 0 aliphatic carbocycles. The molecular weight excluding hydrogens is 246 g/mol. The minimum atomic E-state index is 0.253. The van der Waals surface area contributed by atoms with Crippen LogP contribution in [-0.2, 0) is 0 Å². The second-order valence-corrected chi connectivity index (χ2v) is 4.87. The van der Waals surface area contributed by atoms with E-state index >= 15 is 0 Å². The normalized spacial score (nSPS) is 11.9. The maximum absolute atomic E-state index is 4.16. The molecule has 3 nitrogen and oxygen atoms in total. The zero-order valence-corrected chi connectivity index (χ0v) is 12.5. The van der Waals surface area contributed by atoms with E-state index in [1.165, 1.54) is 11.3 Å². The Labute approximate surface area is 121 Å². The molecule has 0 amide bonds. The van der Waals surface area contributed by atoms with Crippen LogP contribution in [0, 0.1) is 0 Å². The van der Waals surface area contributed by atoms with E-state index in [1.54, 1.807) is 6.20 Å². The summed E-state index contributed by atoms with van der Waals surface area (Å²) in [5, 5.41) is 3.50. The standard InChI is InChI=1S/C17H23N3/c1-4-20(5-2)17-10-8-16(9-11-17)19-14(3)15-7-6-12-18-13-15/h6-14,19H,4-5H2,1-3H3. The zero-order valence-electron chi connectivity index (χ0n) is 12.5. The highest BCUT2D eigenvalue weighted by Crippen LogP contribution is 2.21. The Hall–Kier alpha value is -2.03. The summed E-state index contributed by atoms with van der Waals surface area (Å²) in [4.78, 5) is 6.50. The first-order valence-electron chi connectivity index (χ1n) is 7.26. The average Bonchev–Trinajstić information content (AvgIpc) is 2.51. The maximum atomic E-state index is 4.16. The molecule has 0 aliphatic rings. The van der Waals surface area contributed by atoms with E-state index in [0.717, 1.165) is 18.8 Å². The molecule has 1 heterocycles. The third-order valence-electron chi connectivity index (χ3n) is 3.56. The van der Waals surface area contributed by atoms with Gasteiger partial charge in [-0.3, -0.25) is 4.98 Å². The smallest absolute Gasteiger partial charge is 0.0500 e. The van der Waals surface area contributed by atoms with Crippen molar-refractivity contribution in [1.29, 1.82) is 0 Å². The van der Waals surface area contributed by atoms with Crippen molar-refractivity contribution >= 4 is 11.4 Å². The molecule has 0 bridgehead atoms. The van der Waals surface area contributed by atoms with Crippen LogP contribution in [0.5, 0.6) is 0 Å². The monoisotopic (exact) mass is 269 g/mol. The van der Waals surface area contributed by atoms with Crippen LogP contribution in [0.15, 0.2) is 48.8 Å². The van der Waals surface area contributed by atoms with Crippen molar-refractivity contribution in [2.45, 2.75) is 26.8 Å². The molecule has 2 aromatic rings. The summed E-state index contributed by atoms with van der Waals surface area (Å²) < 4.78 is 0. The molecule has 1 aromatic carbocycles. The van der Waals surface area contributed by atoms with E-state index in [4.69, 9.17) is 0 Å². The van der Waals surface area contributed by atoms with Crippen LogP contribution in [-0.4, -0.2) is 18.1 Å². The predicted octanol–water partition coefficient (Wildman–Crippen LogP) is 4.10. The van der Waals surface area contributed by atoms with Crippen LogP contribution in [0.25, 0.3) is 0 Å². The first-order valence-corrected chi connectivity index (χ1v) is 7.26. The number of nitrogens with one attached hydrogen (secondary N) is 1. The van der Waals surface area contributed by atoms with Gasteiger partial charge in [0.05, 0.1) is 6.04 Å². The minimum absolute atomic E-state index is 0.253. The second kappa shape index (κ2) is 6.94. The van der Waals surface area contributed by atoms with E-state index in [2.05, 4.69) is 66.3 Å². The van der Waals surface area contributed by atoms with Gasteiger partial charge in [0.1, 0.15) is 0 Å². The molecule has 1 N–H and O–H groups in total. The molecule has 2 rings (SSSR count). The van der Waals surface area contributed by atoms with Crippen molar-refractivity contribution in [1.82, 2.24) is 4.98 Å². The van der Waals surface area contributed by atoms with Crippen molar-refractivity contribution in [3.05, 3.63) is 54.4 Å². The fourth-order valence-electron chi connectivity index (χ4n) is 2.32. The molecular formula is C17H23N3. The fourth-order valence-corrected chi connectivity index (χ4v) is 2.32. The number of hydrogen-bond acceptors (Lipinski definition) is 3. The quantitative estimate of drug-likeness (QED) is 0.855. The van der Waals surface area contributed by atoms with Crippen molar-refractivity contribution in [2.24, 2.45) is 0 Å². The van der Waals surface area contributed by atoms with Crippen LogP contribution >= 0.6 is 0 Å². The van der Waals surface area contributed by atoms with Gasteiger partial charge in [-0.1, -0.05) is 6.07 Å². The SMILES string of the molecule is CCN(CC)c1ccc(NC(C)c2cccnc2)cc1. The van der Waals surface area contributed by atoms with Gasteiger partial charge >= 0.3 is 0 Å². The summed E-state index contributed by atoms with van der Waals surface area (Å²) in [5.74, 6) is 0. The largest absolute Gasteiger partial charge is 0.378 e. The number of benzene rings is 1. The van der Waals surface area contributed by atoms with Gasteiger partial charge in [0.2, 0.25) is 0 Å². The van der Waals surface area contributed by atoms with Gasteiger partial charge in [-0.25, -0.2) is 0 Å². The molecule has 3 heteroatoms. The second-order valence-electron chi connectivity index (χ2n) is 4.87. The molecule has 0 spiro atoms. The summed E-state index contributed by atoms with van der Waals surface area (Å²) in [6, 6.07) is 12.9. The summed E-state index contributed by atoms with van der Waals surface area (Å²) in [6.45, 7) is 8.58. The van der Waals surface area contributed by atoms with Gasteiger partial charge in [-0.05, 0) is 56.7 Å². The summed E-state index contributed by atoms with van der Waals surface area (Å²) in [5.41, 5.74) is 3.60. The number of aromatic nitrogens is 1. The van der Waals surface area contributed by atoms with E-state index in [1.807, 2.05) is 12.3 Å². The molecule has 106 valence electrons. The van der Waals surface area contributed by atoms with Crippen LogP contribution in [0.4, 0.5) is 11.4 Å². The van der Waals surface area contributed by atoms with E-state index in [0.29, 0.717) is 0 Å². The van der Waals surface area contributed by atoms with Gasteiger partial charge < -0.3 is 10.2 Å². The fraction of sp³-hybridized carbons (Fsp3) is 0.353. The van der Waals surface area contributed by atoms with Crippen molar-refractivity contribution < 1.29 is 0 Å². The molecule has 20 heavy (non-hydrogen) atoms. The summed E-state index contributed by atoms with van der Waals surface area (Å²) in [6.07, 6.45) is 3.71. The first-order chi connectivity index (χ1) is 9.74. The third kappa shape index (κ3) is 3.50. The van der Waals surface area contributed by atoms with Crippen LogP contribution in [0.3, 0.4) is 0 Å². The lowest BCUT2D eigenvalue weighted by atomic mass is 10.1. The topological polar surface area (TPSA) is 28.2 Å². The van der Waals surface area contributed by atoms with E-state index < -0.39 is 0 Å². The van der Waals surface area contributed by atoms with Gasteiger partial charge in [-0.15, -0.1) is 0 Å². The molecule has 0 aliphatic heterocycles. The Morgan fingerprint density at radius 2 is 1.80 bits per heavy atom. The Kier molecular flexibility index (Phi) is 4.99. The number of pyridine rings is 1. The lowest BCUT2D eigenvalue weighted by molar-refractivity contribution is 0.863. The zero-order chi connectivity index (χ0) is 14.4. The molecule has 0 saturated carbocycles. The molecule has 0 saturated heterocycles. The van der Waals surface area contributed by atoms with E-state index in [-0.39, 0.29) is 6.04 Å². The molecule has 0 radical (unpaired) electrons. The van der Waals surface area contributed by atoms with Gasteiger partial charge in [0.25, 0.3) is 0 Å². The minimum Gasteiger partial charge on any atom is -0.378 e. The van der Waals surface area contributed by atoms with Crippen LogP contribution < -0.4 is 10.2 Å². The summed E-state index contributed by atoms with van der Waals surface area (Å²) in [7, 11) is 0. The Morgan fingerprint density at radius 1 is 1.10 bits per heavy atom. The third-order valence-corrected chi connectivity index (χ3v) is 3.56. The number of anilines is 2. The molecule has 0 fully saturated rings. The highest BCUT2D eigenvalue weighted by molar-refractivity contribution is 5.55. The van der Waals surface area contributed by atoms with Crippen molar-refractivity contribution in [2.75, 3.05) is 23.3 Å². The summed E-state index contributed by atoms with van der Waals surface area (Å²) >= 11 is 0. The van der Waals surface area contributed by atoms with Crippen molar-refractivity contribution in [3.63, 3.8) is 0 Å². The Balaban J connectivity index is 2.04. The molecule has 1 aromatic heterocycles. The Morgan fingerprint density at radius 3 is 2.35 bits per heavy atom. The highest BCUT2D eigenvalue weighted by atomic mass is 15.1. The number of hydrogen-bond donors (Lipinski definition) is 1. The first kappa shape index (κ1) is 14.4. The lowest BCUT2D eigenvalue weighted by Gasteiger charge is -2.22. The van der Waals surface area contributed by atoms with Gasteiger partial charge in [-0.2, -0.15) is 0 Å². The number of nitrogens with zero attached hydrogens (tertiary/aromatic N) is 2. The van der Waals surface area contributed by atoms with E-state index in [9.17, 15) is 0 Å². The molecule has 1 atom stereocenters. The predicted molar refractivity (Wildman–Crippen MR) is 86.3 cm³/mol. The average molecular weight is 269 g/mol. The Bertz CT molecular complexity index is 504. The van der Waals surface area contributed by atoms with Crippen molar-refractivity contribution in [3.8, 4) is 0 Å². The van der Waals surface area contributed by atoms with Crippen LogP contribution in [0.1, 0.15) is 32.4 Å². The maximum Gasteiger partial charge on any atom is 0.0500 e.